The first-order chi connectivity index (χ1) is 14.7. The van der Waals surface area contributed by atoms with Crippen molar-refractivity contribution in [2.45, 2.75) is 32.1 Å². The van der Waals surface area contributed by atoms with Crippen molar-refractivity contribution in [3.63, 3.8) is 0 Å². The Morgan fingerprint density at radius 3 is 2.63 bits per heavy atom. The fraction of sp³-hybridized carbons (Fsp3) is 0.333. The number of ether oxygens (including phenoxy) is 1. The van der Waals surface area contributed by atoms with Crippen LogP contribution in [0.2, 0.25) is 0 Å². The molecule has 3 aromatic rings. The van der Waals surface area contributed by atoms with Crippen LogP contribution >= 0.6 is 0 Å². The lowest BCUT2D eigenvalue weighted by Crippen LogP contribution is -2.32. The van der Waals surface area contributed by atoms with Gasteiger partial charge in [-0.05, 0) is 37.8 Å². The van der Waals surface area contributed by atoms with E-state index in [1.165, 1.54) is 0 Å². The van der Waals surface area contributed by atoms with Crippen molar-refractivity contribution in [3.8, 4) is 17.3 Å². The van der Waals surface area contributed by atoms with Gasteiger partial charge in [0.2, 0.25) is 11.8 Å². The van der Waals surface area contributed by atoms with Crippen LogP contribution in [0.4, 0.5) is 0 Å². The number of hydrogen-bond donors (Lipinski definition) is 1. The van der Waals surface area contributed by atoms with Gasteiger partial charge in [-0.1, -0.05) is 36.4 Å². The Morgan fingerprint density at radius 1 is 1.07 bits per heavy atom. The van der Waals surface area contributed by atoms with Gasteiger partial charge < -0.3 is 10.1 Å². The highest BCUT2D eigenvalue weighted by Crippen LogP contribution is 2.31. The van der Waals surface area contributed by atoms with Crippen molar-refractivity contribution < 1.29 is 9.53 Å². The molecule has 6 nitrogen and oxygen atoms in total. The van der Waals surface area contributed by atoms with E-state index >= 15 is 0 Å². The summed E-state index contributed by atoms with van der Waals surface area (Å²) in [6.07, 6.45) is 5.54. The Balaban J connectivity index is 1.43. The van der Waals surface area contributed by atoms with Crippen molar-refractivity contribution in [2.24, 2.45) is 5.92 Å². The molecule has 1 aliphatic rings. The van der Waals surface area contributed by atoms with E-state index in [9.17, 15) is 4.79 Å². The highest BCUT2D eigenvalue weighted by Gasteiger charge is 2.26. The standard InChI is InChI=1S/C24H26N4O2/c1-30-24-20-12-10-18(23(29)26-16-14-19-9-5-6-15-25-19)11-13-21(20)27-22(28-24)17-7-3-2-4-8-17/h2-9,15,18H,10-14,16H2,1H3,(H,26,29). The molecule has 1 aromatic carbocycles. The lowest BCUT2D eigenvalue weighted by Gasteiger charge is -2.14. The van der Waals surface area contributed by atoms with E-state index in [2.05, 4.69) is 15.3 Å². The van der Waals surface area contributed by atoms with Gasteiger partial charge in [0.1, 0.15) is 0 Å². The van der Waals surface area contributed by atoms with Crippen LogP contribution in [0.5, 0.6) is 5.88 Å². The zero-order chi connectivity index (χ0) is 20.8. The van der Waals surface area contributed by atoms with E-state index in [0.717, 1.165) is 54.6 Å². The van der Waals surface area contributed by atoms with Gasteiger partial charge in [-0.25, -0.2) is 4.98 Å². The Morgan fingerprint density at radius 2 is 1.87 bits per heavy atom. The van der Waals surface area contributed by atoms with E-state index < -0.39 is 0 Å². The van der Waals surface area contributed by atoms with Crippen LogP contribution in [0.15, 0.2) is 54.7 Å². The molecule has 0 saturated heterocycles. The molecular weight excluding hydrogens is 376 g/mol. The summed E-state index contributed by atoms with van der Waals surface area (Å²) in [4.78, 5) is 26.5. The minimum Gasteiger partial charge on any atom is -0.481 e. The zero-order valence-electron chi connectivity index (χ0n) is 17.2. The number of benzene rings is 1. The van der Waals surface area contributed by atoms with E-state index in [4.69, 9.17) is 9.72 Å². The fourth-order valence-electron chi connectivity index (χ4n) is 3.89. The maximum atomic E-state index is 12.7. The number of nitrogens with zero attached hydrogens (tertiary/aromatic N) is 3. The molecule has 0 aliphatic heterocycles. The molecule has 0 spiro atoms. The highest BCUT2D eigenvalue weighted by atomic mass is 16.5. The van der Waals surface area contributed by atoms with Gasteiger partial charge in [0.15, 0.2) is 5.82 Å². The summed E-state index contributed by atoms with van der Waals surface area (Å²) in [6.45, 7) is 0.598. The van der Waals surface area contributed by atoms with E-state index in [1.54, 1.807) is 13.3 Å². The van der Waals surface area contributed by atoms with Gasteiger partial charge in [0.05, 0.1) is 12.8 Å². The summed E-state index contributed by atoms with van der Waals surface area (Å²) >= 11 is 0. The molecule has 30 heavy (non-hydrogen) atoms. The summed E-state index contributed by atoms with van der Waals surface area (Å²) in [5.41, 5.74) is 3.97. The van der Waals surface area contributed by atoms with E-state index in [0.29, 0.717) is 18.2 Å². The van der Waals surface area contributed by atoms with Crippen LogP contribution in [-0.2, 0) is 24.1 Å². The van der Waals surface area contributed by atoms with Crippen molar-refractivity contribution in [1.29, 1.82) is 0 Å². The van der Waals surface area contributed by atoms with Gasteiger partial charge in [0, 0.05) is 41.9 Å². The summed E-state index contributed by atoms with van der Waals surface area (Å²) < 4.78 is 5.58. The number of hydrogen-bond acceptors (Lipinski definition) is 5. The monoisotopic (exact) mass is 402 g/mol. The number of fused-ring (bicyclic) bond motifs is 1. The smallest absolute Gasteiger partial charge is 0.223 e. The molecule has 2 aromatic heterocycles. The number of methoxy groups -OCH3 is 1. The van der Waals surface area contributed by atoms with Crippen LogP contribution in [0.3, 0.4) is 0 Å². The molecule has 0 fully saturated rings. The number of aromatic nitrogens is 3. The van der Waals surface area contributed by atoms with Gasteiger partial charge in [-0.15, -0.1) is 0 Å². The van der Waals surface area contributed by atoms with Crippen molar-refractivity contribution in [1.82, 2.24) is 20.3 Å². The van der Waals surface area contributed by atoms with Gasteiger partial charge in [-0.2, -0.15) is 4.98 Å². The Hall–Kier alpha value is -3.28. The van der Waals surface area contributed by atoms with Gasteiger partial charge in [0.25, 0.3) is 0 Å². The van der Waals surface area contributed by atoms with Crippen LogP contribution in [-0.4, -0.2) is 34.5 Å². The fourth-order valence-corrected chi connectivity index (χ4v) is 3.89. The highest BCUT2D eigenvalue weighted by molar-refractivity contribution is 5.78. The third-order valence-corrected chi connectivity index (χ3v) is 5.53. The average molecular weight is 402 g/mol. The van der Waals surface area contributed by atoms with Crippen LogP contribution in [0, 0.1) is 5.92 Å². The van der Waals surface area contributed by atoms with Crippen molar-refractivity contribution >= 4 is 5.91 Å². The molecule has 0 bridgehead atoms. The summed E-state index contributed by atoms with van der Waals surface area (Å²) in [5, 5.41) is 3.08. The topological polar surface area (TPSA) is 77.0 Å². The Labute approximate surface area is 176 Å². The van der Waals surface area contributed by atoms with Crippen LogP contribution in [0.1, 0.15) is 29.8 Å². The maximum Gasteiger partial charge on any atom is 0.223 e. The predicted molar refractivity (Wildman–Crippen MR) is 115 cm³/mol. The third-order valence-electron chi connectivity index (χ3n) is 5.53. The molecule has 1 unspecified atom stereocenters. The zero-order valence-corrected chi connectivity index (χ0v) is 17.2. The molecule has 1 atom stereocenters. The molecule has 1 aliphatic carbocycles. The summed E-state index contributed by atoms with van der Waals surface area (Å²) in [7, 11) is 1.64. The van der Waals surface area contributed by atoms with Crippen LogP contribution in [0.25, 0.3) is 11.4 Å². The summed E-state index contributed by atoms with van der Waals surface area (Å²) in [5.74, 6) is 1.36. The number of carbonyl (C=O) groups excluding carboxylic acids is 1. The Kier molecular flexibility index (Phi) is 6.32. The second kappa shape index (κ2) is 9.48. The first-order valence-corrected chi connectivity index (χ1v) is 10.4. The minimum absolute atomic E-state index is 0.0344. The number of rotatable bonds is 6. The molecule has 6 heteroatoms. The normalized spacial score (nSPS) is 15.7. The van der Waals surface area contributed by atoms with E-state index in [1.807, 2.05) is 48.5 Å². The first kappa shape index (κ1) is 20.0. The molecular formula is C24H26N4O2. The van der Waals surface area contributed by atoms with Crippen LogP contribution < -0.4 is 10.1 Å². The van der Waals surface area contributed by atoms with Gasteiger partial charge >= 0.3 is 0 Å². The molecule has 154 valence electrons. The van der Waals surface area contributed by atoms with E-state index in [-0.39, 0.29) is 11.8 Å². The average Bonchev–Trinajstić information content (AvgIpc) is 3.02. The number of aryl methyl sites for hydroxylation is 1. The lowest BCUT2D eigenvalue weighted by atomic mass is 9.99. The second-order valence-electron chi connectivity index (χ2n) is 7.48. The third kappa shape index (κ3) is 4.64. The molecule has 4 rings (SSSR count). The lowest BCUT2D eigenvalue weighted by molar-refractivity contribution is -0.125. The van der Waals surface area contributed by atoms with Crippen molar-refractivity contribution in [2.75, 3.05) is 13.7 Å². The molecule has 1 amide bonds. The largest absolute Gasteiger partial charge is 0.481 e. The summed E-state index contributed by atoms with van der Waals surface area (Å²) in [6, 6.07) is 15.7. The minimum atomic E-state index is -0.0344. The maximum absolute atomic E-state index is 12.7. The number of pyridine rings is 1. The quantitative estimate of drug-likeness (QED) is 0.640. The first-order valence-electron chi connectivity index (χ1n) is 10.4. The number of nitrogens with one attached hydrogen (secondary N) is 1. The SMILES string of the molecule is COc1nc(-c2ccccc2)nc2c1CCC(C(=O)NCCc1ccccn1)CC2. The molecule has 0 radical (unpaired) electrons. The van der Waals surface area contributed by atoms with Gasteiger partial charge in [-0.3, -0.25) is 9.78 Å². The predicted octanol–water partition coefficient (Wildman–Crippen LogP) is 3.40. The Bertz CT molecular complexity index is 993. The molecule has 0 saturated carbocycles. The van der Waals surface area contributed by atoms with Crippen molar-refractivity contribution in [3.05, 3.63) is 71.7 Å². The molecule has 2 heterocycles. The number of carbonyl (C=O) groups is 1. The molecule has 1 N–H and O–H groups in total. The second-order valence-corrected chi connectivity index (χ2v) is 7.48. The number of amides is 1.